The molecule has 2 unspecified atom stereocenters. The first-order valence-corrected chi connectivity index (χ1v) is 7.07. The fourth-order valence-corrected chi connectivity index (χ4v) is 2.72. The molecule has 0 saturated carbocycles. The third-order valence-electron chi connectivity index (χ3n) is 4.22. The highest BCUT2D eigenvalue weighted by atomic mass is 16.6. The molecule has 0 spiro atoms. The predicted octanol–water partition coefficient (Wildman–Crippen LogP) is 2.26. The summed E-state index contributed by atoms with van der Waals surface area (Å²) in [4.78, 5) is 12.1. The van der Waals surface area contributed by atoms with Gasteiger partial charge in [0.1, 0.15) is 6.10 Å². The lowest BCUT2D eigenvalue weighted by molar-refractivity contribution is -0.173. The minimum atomic E-state index is -0.326. The molecule has 4 nitrogen and oxygen atoms in total. The molecule has 20 heavy (non-hydrogen) atoms. The van der Waals surface area contributed by atoms with Crippen molar-refractivity contribution in [3.05, 3.63) is 35.9 Å². The Hall–Kier alpha value is -1.39. The lowest BCUT2D eigenvalue weighted by Crippen LogP contribution is -2.51. The number of ether oxygens (including phenoxy) is 2. The molecule has 0 bridgehead atoms. The van der Waals surface area contributed by atoms with Gasteiger partial charge in [0.2, 0.25) is 0 Å². The first-order chi connectivity index (χ1) is 9.54. The fraction of sp³-hybridized carbons (Fsp3) is 0.562. The Morgan fingerprint density at radius 3 is 2.45 bits per heavy atom. The van der Waals surface area contributed by atoms with Gasteiger partial charge >= 0.3 is 5.97 Å². The molecule has 0 aromatic heterocycles. The Kier molecular flexibility index (Phi) is 4.78. The van der Waals surface area contributed by atoms with E-state index < -0.39 is 0 Å². The first kappa shape index (κ1) is 15.0. The quantitative estimate of drug-likeness (QED) is 0.862. The van der Waals surface area contributed by atoms with Gasteiger partial charge in [-0.2, -0.15) is 0 Å². The maximum absolute atomic E-state index is 12.1. The topological polar surface area (TPSA) is 55.8 Å². The zero-order valence-corrected chi connectivity index (χ0v) is 12.2. The maximum atomic E-state index is 12.1. The van der Waals surface area contributed by atoms with Crippen molar-refractivity contribution < 1.29 is 19.4 Å². The molecule has 1 aromatic rings. The van der Waals surface area contributed by atoms with E-state index in [1.807, 2.05) is 39.0 Å². The summed E-state index contributed by atoms with van der Waals surface area (Å²) in [6.07, 6.45) is -0.696. The van der Waals surface area contributed by atoms with Crippen LogP contribution in [0.3, 0.4) is 0 Å². The number of carbonyl (C=O) groups is 1. The lowest BCUT2D eigenvalue weighted by Gasteiger charge is -2.42. The zero-order chi connectivity index (χ0) is 14.7. The normalized spacial score (nSPS) is 33.7. The summed E-state index contributed by atoms with van der Waals surface area (Å²) in [5.74, 6) is -0.0408. The van der Waals surface area contributed by atoms with Gasteiger partial charge in [0.15, 0.2) is 0 Å². The number of carbonyl (C=O) groups excluding carboxylic acids is 1. The molecular formula is C16H22O4. The Morgan fingerprint density at radius 2 is 1.85 bits per heavy atom. The molecular weight excluding hydrogens is 256 g/mol. The second kappa shape index (κ2) is 6.37. The van der Waals surface area contributed by atoms with Crippen molar-refractivity contribution in [1.29, 1.82) is 0 Å². The molecule has 1 saturated heterocycles. The van der Waals surface area contributed by atoms with E-state index in [9.17, 15) is 9.90 Å². The summed E-state index contributed by atoms with van der Waals surface area (Å²) in [5, 5.41) is 9.31. The van der Waals surface area contributed by atoms with E-state index >= 15 is 0 Å². The van der Waals surface area contributed by atoms with Gasteiger partial charge in [-0.3, -0.25) is 0 Å². The van der Waals surface area contributed by atoms with Crippen molar-refractivity contribution in [2.75, 3.05) is 6.61 Å². The van der Waals surface area contributed by atoms with Crippen LogP contribution in [-0.2, 0) is 9.47 Å². The molecule has 110 valence electrons. The van der Waals surface area contributed by atoms with Gasteiger partial charge in [-0.05, 0) is 25.0 Å². The number of aliphatic hydroxyl groups excluding tert-OH is 1. The van der Waals surface area contributed by atoms with Gasteiger partial charge < -0.3 is 14.6 Å². The molecule has 0 amide bonds. The molecule has 4 heteroatoms. The van der Waals surface area contributed by atoms with Gasteiger partial charge in [0, 0.05) is 5.92 Å². The van der Waals surface area contributed by atoms with Crippen LogP contribution >= 0.6 is 0 Å². The summed E-state index contributed by atoms with van der Waals surface area (Å²) >= 11 is 0. The van der Waals surface area contributed by atoms with Crippen LogP contribution in [0.5, 0.6) is 0 Å². The van der Waals surface area contributed by atoms with Crippen LogP contribution in [0.4, 0.5) is 0 Å². The zero-order valence-electron chi connectivity index (χ0n) is 12.2. The highest BCUT2D eigenvalue weighted by Gasteiger charge is 2.41. The van der Waals surface area contributed by atoms with Crippen molar-refractivity contribution >= 4 is 5.97 Å². The lowest BCUT2D eigenvalue weighted by atomic mass is 9.82. The first-order valence-electron chi connectivity index (χ1n) is 7.07. The Balaban J connectivity index is 2.07. The van der Waals surface area contributed by atoms with E-state index in [1.165, 1.54) is 0 Å². The highest BCUT2D eigenvalue weighted by molar-refractivity contribution is 5.89. The molecule has 2 rings (SSSR count). The van der Waals surface area contributed by atoms with Crippen LogP contribution in [0.15, 0.2) is 30.3 Å². The van der Waals surface area contributed by atoms with Crippen molar-refractivity contribution in [2.45, 2.75) is 39.1 Å². The summed E-state index contributed by atoms with van der Waals surface area (Å²) in [6, 6.07) is 8.96. The van der Waals surface area contributed by atoms with E-state index in [-0.39, 0.29) is 42.7 Å². The summed E-state index contributed by atoms with van der Waals surface area (Å²) in [6.45, 7) is 5.93. The highest BCUT2D eigenvalue weighted by Crippen LogP contribution is 2.32. The number of hydrogen-bond acceptors (Lipinski definition) is 4. The Morgan fingerprint density at radius 1 is 1.20 bits per heavy atom. The van der Waals surface area contributed by atoms with E-state index in [1.54, 1.807) is 12.1 Å². The van der Waals surface area contributed by atoms with Crippen LogP contribution in [0.25, 0.3) is 0 Å². The Bertz CT molecular complexity index is 445. The Labute approximate surface area is 119 Å². The molecule has 1 heterocycles. The van der Waals surface area contributed by atoms with Crippen molar-refractivity contribution in [2.24, 2.45) is 11.8 Å². The van der Waals surface area contributed by atoms with Crippen LogP contribution < -0.4 is 0 Å². The van der Waals surface area contributed by atoms with Crippen molar-refractivity contribution in [3.8, 4) is 0 Å². The van der Waals surface area contributed by atoms with E-state index in [2.05, 4.69) is 0 Å². The molecule has 0 aliphatic carbocycles. The van der Waals surface area contributed by atoms with Gasteiger partial charge in [-0.25, -0.2) is 4.79 Å². The molecule has 1 aliphatic rings. The monoisotopic (exact) mass is 278 g/mol. The molecule has 1 aromatic carbocycles. The number of benzene rings is 1. The second-order valence-corrected chi connectivity index (χ2v) is 5.52. The van der Waals surface area contributed by atoms with Crippen LogP contribution in [0.1, 0.15) is 31.1 Å². The van der Waals surface area contributed by atoms with Gasteiger partial charge in [0.05, 0.1) is 24.4 Å². The molecule has 1 N–H and O–H groups in total. The van der Waals surface area contributed by atoms with Crippen LogP contribution in [0, 0.1) is 11.8 Å². The predicted molar refractivity (Wildman–Crippen MR) is 75.4 cm³/mol. The standard InChI is InChI=1S/C16H22O4/c1-10-11(2)15(12(3)19-14(10)9-17)20-16(18)13-7-5-4-6-8-13/h4-8,10-12,14-15,17H,9H2,1-3H3/t10-,11+,12+,14?,15?/m1/s1. The third kappa shape index (κ3) is 3.02. The molecule has 0 radical (unpaired) electrons. The van der Waals surface area contributed by atoms with E-state index in [4.69, 9.17) is 9.47 Å². The average molecular weight is 278 g/mol. The SMILES string of the molecule is C[C@@H]1OC(CO)[C@H](C)[C@H](C)C1OC(=O)c1ccccc1. The molecule has 1 fully saturated rings. The molecule has 5 atom stereocenters. The van der Waals surface area contributed by atoms with Crippen LogP contribution in [-0.4, -0.2) is 36.0 Å². The average Bonchev–Trinajstić information content (AvgIpc) is 2.48. The smallest absolute Gasteiger partial charge is 0.338 e. The summed E-state index contributed by atoms with van der Waals surface area (Å²) in [5.41, 5.74) is 0.545. The third-order valence-corrected chi connectivity index (χ3v) is 4.22. The summed E-state index contributed by atoms with van der Waals surface area (Å²) in [7, 11) is 0. The minimum Gasteiger partial charge on any atom is -0.456 e. The van der Waals surface area contributed by atoms with Crippen molar-refractivity contribution in [1.82, 2.24) is 0 Å². The largest absolute Gasteiger partial charge is 0.456 e. The van der Waals surface area contributed by atoms with Gasteiger partial charge in [-0.1, -0.05) is 32.0 Å². The van der Waals surface area contributed by atoms with E-state index in [0.29, 0.717) is 5.56 Å². The van der Waals surface area contributed by atoms with Gasteiger partial charge in [-0.15, -0.1) is 0 Å². The minimum absolute atomic E-state index is 0.00476. The fourth-order valence-electron chi connectivity index (χ4n) is 2.72. The van der Waals surface area contributed by atoms with Crippen LogP contribution in [0.2, 0.25) is 0 Å². The molecule has 1 aliphatic heterocycles. The summed E-state index contributed by atoms with van der Waals surface area (Å²) < 4.78 is 11.4. The van der Waals surface area contributed by atoms with Gasteiger partial charge in [0.25, 0.3) is 0 Å². The number of rotatable bonds is 3. The van der Waals surface area contributed by atoms with E-state index in [0.717, 1.165) is 0 Å². The van der Waals surface area contributed by atoms with Crippen molar-refractivity contribution in [3.63, 3.8) is 0 Å². The second-order valence-electron chi connectivity index (χ2n) is 5.52. The maximum Gasteiger partial charge on any atom is 0.338 e. The number of aliphatic hydroxyl groups is 1. The number of esters is 1. The number of hydrogen-bond donors (Lipinski definition) is 1.